The zero-order chi connectivity index (χ0) is 19.1. The molecular formula is C18H20F2N2O4. The molecule has 1 aromatic heterocycles. The van der Waals surface area contributed by atoms with E-state index < -0.39 is 18.6 Å². The van der Waals surface area contributed by atoms with Crippen molar-refractivity contribution in [2.45, 2.75) is 33.0 Å². The summed E-state index contributed by atoms with van der Waals surface area (Å²) in [5.41, 5.74) is 0.594. The molecule has 0 fully saturated rings. The molecule has 0 unspecified atom stereocenters. The highest BCUT2D eigenvalue weighted by atomic mass is 19.3. The Labute approximate surface area is 149 Å². The first kappa shape index (κ1) is 19.4. The first-order chi connectivity index (χ1) is 12.4. The van der Waals surface area contributed by atoms with Crippen LogP contribution in [0.5, 0.6) is 5.75 Å². The fourth-order valence-corrected chi connectivity index (χ4v) is 2.29. The number of hydrogen-bond donors (Lipinski definition) is 2. The monoisotopic (exact) mass is 366 g/mol. The molecule has 0 saturated heterocycles. The summed E-state index contributed by atoms with van der Waals surface area (Å²) in [4.78, 5) is 24.5. The van der Waals surface area contributed by atoms with Crippen LogP contribution in [0.1, 0.15) is 30.0 Å². The number of benzene rings is 1. The quantitative estimate of drug-likeness (QED) is 0.753. The third-order valence-corrected chi connectivity index (χ3v) is 3.57. The molecule has 2 N–H and O–H groups in total. The van der Waals surface area contributed by atoms with Crippen molar-refractivity contribution >= 4 is 11.8 Å². The molecule has 0 aliphatic carbocycles. The molecule has 0 saturated carbocycles. The van der Waals surface area contributed by atoms with Crippen molar-refractivity contribution in [3.63, 3.8) is 0 Å². The van der Waals surface area contributed by atoms with Gasteiger partial charge in [-0.25, -0.2) is 0 Å². The fraction of sp³-hybridized carbons (Fsp3) is 0.333. The summed E-state index contributed by atoms with van der Waals surface area (Å²) < 4.78 is 33.9. The number of hydrogen-bond acceptors (Lipinski definition) is 4. The van der Waals surface area contributed by atoms with Gasteiger partial charge in [0.15, 0.2) is 5.76 Å². The van der Waals surface area contributed by atoms with E-state index in [2.05, 4.69) is 15.4 Å². The highest BCUT2D eigenvalue weighted by molar-refractivity contribution is 5.95. The van der Waals surface area contributed by atoms with Gasteiger partial charge in [0, 0.05) is 6.54 Å². The molecule has 2 amide bonds. The average Bonchev–Trinajstić information content (AvgIpc) is 3.11. The summed E-state index contributed by atoms with van der Waals surface area (Å²) in [6.45, 7) is 0.786. The summed E-state index contributed by atoms with van der Waals surface area (Å²) in [6.07, 6.45) is 1.37. The van der Waals surface area contributed by atoms with Crippen LogP contribution in [0, 0.1) is 5.92 Å². The lowest BCUT2D eigenvalue weighted by Gasteiger charge is -2.21. The van der Waals surface area contributed by atoms with Gasteiger partial charge in [0.1, 0.15) is 11.8 Å². The SMILES string of the molecule is CC(C)[C@@H](NC(=O)c1ccco1)C(=O)NCc1cccc(OC(F)F)c1. The van der Waals surface area contributed by atoms with Gasteiger partial charge >= 0.3 is 6.61 Å². The maximum Gasteiger partial charge on any atom is 0.387 e. The smallest absolute Gasteiger partial charge is 0.387 e. The summed E-state index contributed by atoms with van der Waals surface area (Å²) in [7, 11) is 0. The number of ether oxygens (including phenoxy) is 1. The van der Waals surface area contributed by atoms with Crippen LogP contribution in [0.25, 0.3) is 0 Å². The van der Waals surface area contributed by atoms with E-state index >= 15 is 0 Å². The summed E-state index contributed by atoms with van der Waals surface area (Å²) in [5, 5.41) is 5.31. The molecule has 0 radical (unpaired) electrons. The molecule has 2 aromatic rings. The van der Waals surface area contributed by atoms with Gasteiger partial charge in [-0.1, -0.05) is 26.0 Å². The Kier molecular flexibility index (Phi) is 6.71. The molecule has 140 valence electrons. The molecule has 1 aromatic carbocycles. The molecule has 6 nitrogen and oxygen atoms in total. The Morgan fingerprint density at radius 3 is 2.58 bits per heavy atom. The second kappa shape index (κ2) is 8.98. The Balaban J connectivity index is 1.96. The van der Waals surface area contributed by atoms with Gasteiger partial charge in [0.25, 0.3) is 5.91 Å². The van der Waals surface area contributed by atoms with Gasteiger partial charge in [-0.05, 0) is 35.7 Å². The highest BCUT2D eigenvalue weighted by Gasteiger charge is 2.25. The lowest BCUT2D eigenvalue weighted by atomic mass is 10.0. The van der Waals surface area contributed by atoms with E-state index in [1.165, 1.54) is 24.5 Å². The van der Waals surface area contributed by atoms with E-state index in [4.69, 9.17) is 4.42 Å². The van der Waals surface area contributed by atoms with Gasteiger partial charge in [0.05, 0.1) is 6.26 Å². The number of furan rings is 1. The van der Waals surface area contributed by atoms with Crippen LogP contribution in [0.2, 0.25) is 0 Å². The van der Waals surface area contributed by atoms with E-state index in [-0.39, 0.29) is 29.9 Å². The van der Waals surface area contributed by atoms with Crippen molar-refractivity contribution in [2.75, 3.05) is 0 Å². The number of rotatable bonds is 8. The predicted octanol–water partition coefficient (Wildman–Crippen LogP) is 2.95. The third kappa shape index (κ3) is 5.58. The minimum atomic E-state index is -2.91. The van der Waals surface area contributed by atoms with Crippen molar-refractivity contribution in [1.82, 2.24) is 10.6 Å². The molecule has 0 spiro atoms. The van der Waals surface area contributed by atoms with Gasteiger partial charge < -0.3 is 19.8 Å². The van der Waals surface area contributed by atoms with E-state index in [9.17, 15) is 18.4 Å². The van der Waals surface area contributed by atoms with E-state index in [1.54, 1.807) is 32.0 Å². The van der Waals surface area contributed by atoms with Crippen molar-refractivity contribution in [2.24, 2.45) is 5.92 Å². The Morgan fingerprint density at radius 2 is 1.96 bits per heavy atom. The largest absolute Gasteiger partial charge is 0.459 e. The maximum absolute atomic E-state index is 12.4. The number of alkyl halides is 2. The standard InChI is InChI=1S/C18H20F2N2O4/c1-11(2)15(22-16(23)14-7-4-8-25-14)17(24)21-10-12-5-3-6-13(9-12)26-18(19)20/h3-9,11,15,18H,10H2,1-2H3,(H,21,24)(H,22,23)/t15-/m1/s1. The second-order valence-electron chi connectivity index (χ2n) is 5.92. The summed E-state index contributed by atoms with van der Waals surface area (Å²) >= 11 is 0. The van der Waals surface area contributed by atoms with Crippen molar-refractivity contribution in [3.8, 4) is 5.75 Å². The lowest BCUT2D eigenvalue weighted by molar-refractivity contribution is -0.124. The first-order valence-corrected chi connectivity index (χ1v) is 8.02. The van der Waals surface area contributed by atoms with Crippen molar-refractivity contribution in [1.29, 1.82) is 0 Å². The minimum absolute atomic E-state index is 0.0123. The molecular weight excluding hydrogens is 346 g/mol. The maximum atomic E-state index is 12.4. The average molecular weight is 366 g/mol. The van der Waals surface area contributed by atoms with Crippen LogP contribution in [0.4, 0.5) is 8.78 Å². The number of carbonyl (C=O) groups is 2. The second-order valence-corrected chi connectivity index (χ2v) is 5.92. The number of carbonyl (C=O) groups excluding carboxylic acids is 2. The van der Waals surface area contributed by atoms with Gasteiger partial charge in [0.2, 0.25) is 5.91 Å². The molecule has 0 aliphatic rings. The molecule has 0 aliphatic heterocycles. The summed E-state index contributed by atoms with van der Waals surface area (Å²) in [5.74, 6) is -0.919. The van der Waals surface area contributed by atoms with Gasteiger partial charge in [-0.15, -0.1) is 0 Å². The topological polar surface area (TPSA) is 80.6 Å². The number of amides is 2. The zero-order valence-corrected chi connectivity index (χ0v) is 14.4. The van der Waals surface area contributed by atoms with Crippen LogP contribution >= 0.6 is 0 Å². The van der Waals surface area contributed by atoms with Crippen molar-refractivity contribution in [3.05, 3.63) is 54.0 Å². The molecule has 8 heteroatoms. The summed E-state index contributed by atoms with van der Waals surface area (Å²) in [6, 6.07) is 8.35. The van der Waals surface area contributed by atoms with Crippen LogP contribution in [0.3, 0.4) is 0 Å². The zero-order valence-electron chi connectivity index (χ0n) is 14.4. The molecule has 26 heavy (non-hydrogen) atoms. The van der Waals surface area contributed by atoms with Gasteiger partial charge in [-0.2, -0.15) is 8.78 Å². The molecule has 0 bridgehead atoms. The normalized spacial score (nSPS) is 12.1. The fourth-order valence-electron chi connectivity index (χ4n) is 2.29. The Hall–Kier alpha value is -2.90. The van der Waals surface area contributed by atoms with Crippen LogP contribution in [-0.2, 0) is 11.3 Å². The van der Waals surface area contributed by atoms with E-state index in [1.807, 2.05) is 0 Å². The lowest BCUT2D eigenvalue weighted by Crippen LogP contribution is -2.49. The van der Waals surface area contributed by atoms with E-state index in [0.717, 1.165) is 0 Å². The third-order valence-electron chi connectivity index (χ3n) is 3.57. The van der Waals surface area contributed by atoms with Crippen LogP contribution < -0.4 is 15.4 Å². The van der Waals surface area contributed by atoms with Crippen LogP contribution in [0.15, 0.2) is 47.1 Å². The molecule has 1 heterocycles. The molecule has 1 atom stereocenters. The Morgan fingerprint density at radius 1 is 1.19 bits per heavy atom. The minimum Gasteiger partial charge on any atom is -0.459 e. The number of nitrogens with one attached hydrogen (secondary N) is 2. The van der Waals surface area contributed by atoms with Gasteiger partial charge in [-0.3, -0.25) is 9.59 Å². The van der Waals surface area contributed by atoms with E-state index in [0.29, 0.717) is 5.56 Å². The molecule has 2 rings (SSSR count). The predicted molar refractivity (Wildman–Crippen MR) is 89.7 cm³/mol. The number of halogens is 2. The first-order valence-electron chi connectivity index (χ1n) is 8.02. The highest BCUT2D eigenvalue weighted by Crippen LogP contribution is 2.16. The van der Waals surface area contributed by atoms with Crippen LogP contribution in [-0.4, -0.2) is 24.5 Å². The van der Waals surface area contributed by atoms with Crippen molar-refractivity contribution < 1.29 is 27.5 Å². The Bertz CT molecular complexity index is 733.